The Hall–Kier alpha value is -1.63. The fourth-order valence-electron chi connectivity index (χ4n) is 2.10. The number of aryl methyl sites for hydroxylation is 1. The molecule has 1 aromatic heterocycles. The molecule has 0 aliphatic rings. The first-order valence-electron chi connectivity index (χ1n) is 6.73. The number of aromatic nitrogens is 2. The van der Waals surface area contributed by atoms with Crippen LogP contribution in [-0.4, -0.2) is 26.4 Å². The third-order valence-electron chi connectivity index (χ3n) is 3.07. The standard InChI is InChI=1S/C14H16F2N2O2S/c1-2-3-4-7-18-13-10(6-5-9(15)12(13)16)17-14(18)21-8-11(19)20/h5-6H,2-4,7-8H2,1H3,(H,19,20). The van der Waals surface area contributed by atoms with Crippen LogP contribution in [-0.2, 0) is 11.3 Å². The van der Waals surface area contributed by atoms with Gasteiger partial charge < -0.3 is 9.67 Å². The van der Waals surface area contributed by atoms with Gasteiger partial charge in [0.25, 0.3) is 0 Å². The maximum absolute atomic E-state index is 14.0. The molecule has 7 heteroatoms. The zero-order valence-electron chi connectivity index (χ0n) is 11.6. The maximum Gasteiger partial charge on any atom is 0.313 e. The highest BCUT2D eigenvalue weighted by Gasteiger charge is 2.18. The number of aliphatic carboxylic acids is 1. The first-order valence-corrected chi connectivity index (χ1v) is 7.72. The molecule has 0 fully saturated rings. The molecule has 1 heterocycles. The number of halogens is 2. The predicted octanol–water partition coefficient (Wildman–Crippen LogP) is 3.68. The zero-order chi connectivity index (χ0) is 15.4. The number of benzene rings is 1. The number of carboxylic acids is 1. The summed E-state index contributed by atoms with van der Waals surface area (Å²) in [5, 5.41) is 9.17. The molecule has 0 saturated heterocycles. The van der Waals surface area contributed by atoms with Crippen LogP contribution in [0.5, 0.6) is 0 Å². The summed E-state index contributed by atoms with van der Waals surface area (Å²) < 4.78 is 29.0. The van der Waals surface area contributed by atoms with Crippen molar-refractivity contribution < 1.29 is 18.7 Å². The Labute approximate surface area is 125 Å². The first kappa shape index (κ1) is 15.8. The van der Waals surface area contributed by atoms with Crippen molar-refractivity contribution >= 4 is 28.8 Å². The summed E-state index contributed by atoms with van der Waals surface area (Å²) in [6, 6.07) is 2.45. The summed E-state index contributed by atoms with van der Waals surface area (Å²) in [4.78, 5) is 14.9. The van der Waals surface area contributed by atoms with Gasteiger partial charge in [-0.3, -0.25) is 4.79 Å². The predicted molar refractivity (Wildman–Crippen MR) is 77.5 cm³/mol. The van der Waals surface area contributed by atoms with Crippen molar-refractivity contribution in [1.82, 2.24) is 9.55 Å². The molecule has 4 nitrogen and oxygen atoms in total. The molecule has 0 unspecified atom stereocenters. The van der Waals surface area contributed by atoms with Crippen molar-refractivity contribution in [3.8, 4) is 0 Å². The minimum Gasteiger partial charge on any atom is -0.481 e. The minimum atomic E-state index is -0.973. The Balaban J connectivity index is 2.42. The van der Waals surface area contributed by atoms with Crippen LogP contribution in [0.1, 0.15) is 26.2 Å². The Morgan fingerprint density at radius 1 is 1.38 bits per heavy atom. The molecule has 2 aromatic rings. The molecule has 2 rings (SSSR count). The lowest BCUT2D eigenvalue weighted by Gasteiger charge is -2.08. The Morgan fingerprint density at radius 3 is 2.81 bits per heavy atom. The zero-order valence-corrected chi connectivity index (χ0v) is 12.4. The van der Waals surface area contributed by atoms with Gasteiger partial charge in [-0.05, 0) is 18.6 Å². The van der Waals surface area contributed by atoms with Crippen molar-refractivity contribution in [1.29, 1.82) is 0 Å². The highest BCUT2D eigenvalue weighted by Crippen LogP contribution is 2.27. The summed E-state index contributed by atoms with van der Waals surface area (Å²) in [5.41, 5.74) is 0.456. The molecule has 114 valence electrons. The summed E-state index contributed by atoms with van der Waals surface area (Å²) >= 11 is 1.02. The number of carboxylic acid groups (broad SMARTS) is 1. The summed E-state index contributed by atoms with van der Waals surface area (Å²) in [5.74, 6) is -2.99. The number of hydrogen-bond acceptors (Lipinski definition) is 3. The number of unbranched alkanes of at least 4 members (excludes halogenated alkanes) is 2. The largest absolute Gasteiger partial charge is 0.481 e. The van der Waals surface area contributed by atoms with Gasteiger partial charge in [-0.1, -0.05) is 31.5 Å². The van der Waals surface area contributed by atoms with Gasteiger partial charge in [-0.2, -0.15) is 0 Å². The van der Waals surface area contributed by atoms with E-state index in [2.05, 4.69) is 4.98 Å². The molecule has 0 aliphatic carbocycles. The SMILES string of the molecule is CCCCCn1c(SCC(=O)O)nc2ccc(F)c(F)c21. The van der Waals surface area contributed by atoms with Gasteiger partial charge in [0.05, 0.1) is 11.3 Å². The van der Waals surface area contributed by atoms with E-state index >= 15 is 0 Å². The lowest BCUT2D eigenvalue weighted by molar-refractivity contribution is -0.133. The van der Waals surface area contributed by atoms with Crippen LogP contribution in [0.3, 0.4) is 0 Å². The quantitative estimate of drug-likeness (QED) is 0.625. The smallest absolute Gasteiger partial charge is 0.313 e. The normalized spacial score (nSPS) is 11.2. The van der Waals surface area contributed by atoms with E-state index in [1.54, 1.807) is 4.57 Å². The number of thioether (sulfide) groups is 1. The van der Waals surface area contributed by atoms with Gasteiger partial charge in [-0.15, -0.1) is 0 Å². The Bertz CT molecular complexity index is 658. The molecule has 0 radical (unpaired) electrons. The van der Waals surface area contributed by atoms with Crippen molar-refractivity contribution in [2.75, 3.05) is 5.75 Å². The van der Waals surface area contributed by atoms with Crippen molar-refractivity contribution in [3.63, 3.8) is 0 Å². The number of rotatable bonds is 7. The molecule has 0 spiro atoms. The van der Waals surface area contributed by atoms with Gasteiger partial charge >= 0.3 is 5.97 Å². The Morgan fingerprint density at radius 2 is 2.14 bits per heavy atom. The third-order valence-corrected chi connectivity index (χ3v) is 4.04. The van der Waals surface area contributed by atoms with E-state index in [0.717, 1.165) is 37.1 Å². The molecule has 1 N–H and O–H groups in total. The molecule has 1 aromatic carbocycles. The average Bonchev–Trinajstić information content (AvgIpc) is 2.80. The van der Waals surface area contributed by atoms with Crippen LogP contribution in [0, 0.1) is 11.6 Å². The van der Waals surface area contributed by atoms with Crippen LogP contribution < -0.4 is 0 Å². The number of nitrogens with zero attached hydrogens (tertiary/aromatic N) is 2. The van der Waals surface area contributed by atoms with Crippen molar-refractivity contribution in [2.45, 2.75) is 37.9 Å². The van der Waals surface area contributed by atoms with Gasteiger partial charge in [0.2, 0.25) is 0 Å². The molecule has 0 amide bonds. The van der Waals surface area contributed by atoms with Crippen molar-refractivity contribution in [3.05, 3.63) is 23.8 Å². The summed E-state index contributed by atoms with van der Waals surface area (Å²) in [6.07, 6.45) is 2.76. The fraction of sp³-hybridized carbons (Fsp3) is 0.429. The molecule has 21 heavy (non-hydrogen) atoms. The minimum absolute atomic E-state index is 0.110. The number of imidazole rings is 1. The van der Waals surface area contributed by atoms with Gasteiger partial charge in [0.1, 0.15) is 5.52 Å². The van der Waals surface area contributed by atoms with E-state index in [4.69, 9.17) is 5.11 Å². The Kier molecular flexibility index (Phi) is 5.17. The second kappa shape index (κ2) is 6.89. The van der Waals surface area contributed by atoms with E-state index in [1.165, 1.54) is 6.07 Å². The van der Waals surface area contributed by atoms with Gasteiger partial charge in [0, 0.05) is 6.54 Å². The maximum atomic E-state index is 14.0. The summed E-state index contributed by atoms with van der Waals surface area (Å²) in [6.45, 7) is 2.54. The highest BCUT2D eigenvalue weighted by atomic mass is 32.2. The van der Waals surface area contributed by atoms with Crippen LogP contribution in [0.25, 0.3) is 11.0 Å². The van der Waals surface area contributed by atoms with E-state index in [1.807, 2.05) is 6.92 Å². The fourth-order valence-corrected chi connectivity index (χ4v) is 2.85. The molecule has 0 bridgehead atoms. The van der Waals surface area contributed by atoms with Gasteiger partial charge in [-0.25, -0.2) is 13.8 Å². The molecular formula is C14H16F2N2O2S. The van der Waals surface area contributed by atoms with E-state index in [9.17, 15) is 13.6 Å². The number of hydrogen-bond donors (Lipinski definition) is 1. The van der Waals surface area contributed by atoms with E-state index < -0.39 is 17.6 Å². The van der Waals surface area contributed by atoms with Crippen LogP contribution in [0.4, 0.5) is 8.78 Å². The average molecular weight is 314 g/mol. The van der Waals surface area contributed by atoms with Gasteiger partial charge in [0.15, 0.2) is 16.8 Å². The van der Waals surface area contributed by atoms with Crippen LogP contribution in [0.2, 0.25) is 0 Å². The first-order chi connectivity index (χ1) is 10.0. The van der Waals surface area contributed by atoms with E-state index in [0.29, 0.717) is 17.2 Å². The third kappa shape index (κ3) is 3.53. The molecule has 0 atom stereocenters. The highest BCUT2D eigenvalue weighted by molar-refractivity contribution is 7.99. The summed E-state index contributed by atoms with van der Waals surface area (Å²) in [7, 11) is 0. The molecule has 0 saturated carbocycles. The van der Waals surface area contributed by atoms with Crippen LogP contribution >= 0.6 is 11.8 Å². The van der Waals surface area contributed by atoms with E-state index in [-0.39, 0.29) is 11.3 Å². The number of fused-ring (bicyclic) bond motifs is 1. The second-order valence-electron chi connectivity index (χ2n) is 4.66. The topological polar surface area (TPSA) is 55.1 Å². The second-order valence-corrected chi connectivity index (χ2v) is 5.61. The lowest BCUT2D eigenvalue weighted by Crippen LogP contribution is -2.04. The van der Waals surface area contributed by atoms with Crippen molar-refractivity contribution in [2.24, 2.45) is 0 Å². The molecule has 0 aliphatic heterocycles. The molecular weight excluding hydrogens is 298 g/mol. The number of carbonyl (C=O) groups is 1. The van der Waals surface area contributed by atoms with Crippen LogP contribution in [0.15, 0.2) is 17.3 Å². The lowest BCUT2D eigenvalue weighted by atomic mass is 10.2. The monoisotopic (exact) mass is 314 g/mol.